The second kappa shape index (κ2) is 8.14. The van der Waals surface area contributed by atoms with Crippen LogP contribution in [0.3, 0.4) is 0 Å². The molecule has 1 atom stereocenters. The molecule has 114 valence electrons. The van der Waals surface area contributed by atoms with Gasteiger partial charge in [0, 0.05) is 32.8 Å². The molecule has 1 aromatic rings. The van der Waals surface area contributed by atoms with E-state index in [1.807, 2.05) is 11.9 Å². The third kappa shape index (κ3) is 3.88. The number of hydrogen-bond donors (Lipinski definition) is 2. The van der Waals surface area contributed by atoms with Gasteiger partial charge in [-0.05, 0) is 18.4 Å². The van der Waals surface area contributed by atoms with E-state index in [0.717, 1.165) is 29.9 Å². The number of ether oxygens (including phenoxy) is 1. The Balaban J connectivity index is 3.05. The monoisotopic (exact) mass is 282 g/mol. The summed E-state index contributed by atoms with van der Waals surface area (Å²) in [5, 5.41) is 18.4. The lowest BCUT2D eigenvalue weighted by Crippen LogP contribution is -2.33. The number of methoxy groups -OCH3 is 1. The predicted molar refractivity (Wildman–Crippen MR) is 79.8 cm³/mol. The van der Waals surface area contributed by atoms with Gasteiger partial charge in [-0.15, -0.1) is 5.10 Å². The molecule has 0 amide bonds. The van der Waals surface area contributed by atoms with Crippen molar-refractivity contribution in [1.82, 2.24) is 10.2 Å². The first kappa shape index (κ1) is 16.8. The Bertz CT molecular complexity index is 426. The van der Waals surface area contributed by atoms with Crippen LogP contribution in [0.1, 0.15) is 30.7 Å². The van der Waals surface area contributed by atoms with Crippen molar-refractivity contribution < 1.29 is 9.84 Å². The van der Waals surface area contributed by atoms with E-state index in [9.17, 15) is 5.11 Å². The molecule has 1 heterocycles. The van der Waals surface area contributed by atoms with Crippen LogP contribution in [0.15, 0.2) is 0 Å². The number of nitrogens with zero attached hydrogens (tertiary/aromatic N) is 3. The average Bonchev–Trinajstić information content (AvgIpc) is 2.45. The maximum Gasteiger partial charge on any atom is 0.155 e. The van der Waals surface area contributed by atoms with E-state index in [4.69, 9.17) is 10.5 Å². The minimum absolute atomic E-state index is 0.295. The Hall–Kier alpha value is -1.24. The second-order valence-corrected chi connectivity index (χ2v) is 4.83. The maximum atomic E-state index is 9.83. The van der Waals surface area contributed by atoms with E-state index < -0.39 is 6.10 Å². The molecule has 3 N–H and O–H groups in total. The van der Waals surface area contributed by atoms with Crippen LogP contribution >= 0.6 is 0 Å². The molecule has 1 rings (SSSR count). The highest BCUT2D eigenvalue weighted by Gasteiger charge is 2.18. The molecule has 20 heavy (non-hydrogen) atoms. The molecule has 0 saturated carbocycles. The zero-order chi connectivity index (χ0) is 15.1. The summed E-state index contributed by atoms with van der Waals surface area (Å²) in [5.74, 6) is 0.747. The Morgan fingerprint density at radius 3 is 2.45 bits per heavy atom. The minimum Gasteiger partial charge on any atom is -0.389 e. The minimum atomic E-state index is -0.562. The normalized spacial score (nSPS) is 12.5. The molecular formula is C14H26N4O2. The molecule has 0 bridgehead atoms. The Morgan fingerprint density at radius 1 is 1.25 bits per heavy atom. The topological polar surface area (TPSA) is 84.5 Å². The van der Waals surface area contributed by atoms with Crippen LogP contribution in [-0.2, 0) is 24.1 Å². The summed E-state index contributed by atoms with van der Waals surface area (Å²) in [6, 6.07) is 0. The lowest BCUT2D eigenvalue weighted by molar-refractivity contribution is 0.0694. The van der Waals surface area contributed by atoms with Crippen LogP contribution in [0.4, 0.5) is 5.82 Å². The Kier molecular flexibility index (Phi) is 6.84. The van der Waals surface area contributed by atoms with Gasteiger partial charge in [0.15, 0.2) is 5.82 Å². The molecule has 1 aromatic heterocycles. The van der Waals surface area contributed by atoms with Crippen LogP contribution in [0.2, 0.25) is 0 Å². The number of nitrogens with two attached hydrogens (primary N) is 1. The first-order valence-corrected chi connectivity index (χ1v) is 7.04. The molecule has 0 aliphatic carbocycles. The second-order valence-electron chi connectivity index (χ2n) is 4.83. The third-order valence-corrected chi connectivity index (χ3v) is 3.35. The van der Waals surface area contributed by atoms with Gasteiger partial charge in [0.1, 0.15) is 0 Å². The van der Waals surface area contributed by atoms with E-state index in [2.05, 4.69) is 24.0 Å². The molecule has 0 spiro atoms. The van der Waals surface area contributed by atoms with E-state index in [1.54, 1.807) is 7.11 Å². The fraction of sp³-hybridized carbons (Fsp3) is 0.714. The van der Waals surface area contributed by atoms with Gasteiger partial charge in [-0.2, -0.15) is 5.10 Å². The number of aliphatic hydroxyl groups excluding tert-OH is 1. The van der Waals surface area contributed by atoms with Gasteiger partial charge in [0.05, 0.1) is 18.4 Å². The summed E-state index contributed by atoms with van der Waals surface area (Å²) in [7, 11) is 3.45. The van der Waals surface area contributed by atoms with Crippen LogP contribution in [0, 0.1) is 0 Å². The number of aliphatic hydroxyl groups is 1. The number of aryl methyl sites for hydroxylation is 1. The quantitative estimate of drug-likeness (QED) is 0.722. The maximum absolute atomic E-state index is 9.83. The van der Waals surface area contributed by atoms with Crippen molar-refractivity contribution in [3.8, 4) is 0 Å². The fourth-order valence-electron chi connectivity index (χ4n) is 2.41. The average molecular weight is 282 g/mol. The smallest absolute Gasteiger partial charge is 0.155 e. The SMILES string of the molecule is CCc1nnc(N(C)CC(O)COC)c(CN)c1CC. The third-order valence-electron chi connectivity index (χ3n) is 3.35. The molecule has 0 radical (unpaired) electrons. The molecule has 0 fully saturated rings. The highest BCUT2D eigenvalue weighted by Crippen LogP contribution is 2.23. The molecule has 0 aliphatic rings. The standard InChI is InChI=1S/C14H26N4O2/c1-5-11-12(7-15)14(17-16-13(11)6-2)18(3)8-10(19)9-20-4/h10,19H,5-9,15H2,1-4H3. The van der Waals surface area contributed by atoms with Gasteiger partial charge in [0.2, 0.25) is 0 Å². The van der Waals surface area contributed by atoms with E-state index >= 15 is 0 Å². The summed E-state index contributed by atoms with van der Waals surface area (Å²) in [5.41, 5.74) is 9.09. The highest BCUT2D eigenvalue weighted by atomic mass is 16.5. The summed E-state index contributed by atoms with van der Waals surface area (Å²) in [6.07, 6.45) is 1.17. The fourth-order valence-corrected chi connectivity index (χ4v) is 2.41. The molecule has 6 nitrogen and oxygen atoms in total. The molecule has 0 aromatic carbocycles. The van der Waals surface area contributed by atoms with Crippen molar-refractivity contribution >= 4 is 5.82 Å². The summed E-state index contributed by atoms with van der Waals surface area (Å²) < 4.78 is 4.94. The number of likely N-dealkylation sites (N-methyl/N-ethyl adjacent to an activating group) is 1. The van der Waals surface area contributed by atoms with Gasteiger partial charge < -0.3 is 20.5 Å². The molecule has 0 aliphatic heterocycles. The zero-order valence-corrected chi connectivity index (χ0v) is 12.9. The van der Waals surface area contributed by atoms with Crippen molar-refractivity contribution in [1.29, 1.82) is 0 Å². The molecule has 1 unspecified atom stereocenters. The molecule has 0 saturated heterocycles. The number of aromatic nitrogens is 2. The first-order valence-electron chi connectivity index (χ1n) is 7.04. The number of hydrogen-bond acceptors (Lipinski definition) is 6. The van der Waals surface area contributed by atoms with Crippen molar-refractivity contribution in [2.45, 2.75) is 39.3 Å². The van der Waals surface area contributed by atoms with E-state index in [1.165, 1.54) is 5.56 Å². The lowest BCUT2D eigenvalue weighted by Gasteiger charge is -2.24. The van der Waals surface area contributed by atoms with Gasteiger partial charge in [-0.1, -0.05) is 13.8 Å². The van der Waals surface area contributed by atoms with Crippen molar-refractivity contribution in [2.75, 3.05) is 32.2 Å². The molecule has 6 heteroatoms. The van der Waals surface area contributed by atoms with Crippen LogP contribution in [0.25, 0.3) is 0 Å². The summed E-state index contributed by atoms with van der Waals surface area (Å²) in [6.45, 7) is 5.31. The van der Waals surface area contributed by atoms with Gasteiger partial charge in [-0.25, -0.2) is 0 Å². The Morgan fingerprint density at radius 2 is 1.95 bits per heavy atom. The van der Waals surface area contributed by atoms with Crippen LogP contribution < -0.4 is 10.6 Å². The Labute approximate surface area is 120 Å². The van der Waals surface area contributed by atoms with E-state index in [0.29, 0.717) is 19.7 Å². The van der Waals surface area contributed by atoms with Gasteiger partial charge >= 0.3 is 0 Å². The zero-order valence-electron chi connectivity index (χ0n) is 12.9. The van der Waals surface area contributed by atoms with Crippen LogP contribution in [0.5, 0.6) is 0 Å². The summed E-state index contributed by atoms with van der Waals surface area (Å²) >= 11 is 0. The number of rotatable bonds is 8. The first-order chi connectivity index (χ1) is 9.58. The van der Waals surface area contributed by atoms with Crippen molar-refractivity contribution in [3.05, 3.63) is 16.8 Å². The van der Waals surface area contributed by atoms with Crippen molar-refractivity contribution in [2.24, 2.45) is 5.73 Å². The molecular weight excluding hydrogens is 256 g/mol. The summed E-state index contributed by atoms with van der Waals surface area (Å²) in [4.78, 5) is 1.89. The highest BCUT2D eigenvalue weighted by molar-refractivity contribution is 5.51. The largest absolute Gasteiger partial charge is 0.389 e. The number of anilines is 1. The predicted octanol–water partition coefficient (Wildman–Crippen LogP) is 0.504. The van der Waals surface area contributed by atoms with Crippen molar-refractivity contribution in [3.63, 3.8) is 0 Å². The van der Waals surface area contributed by atoms with E-state index in [-0.39, 0.29) is 0 Å². The lowest BCUT2D eigenvalue weighted by atomic mass is 10.0. The van der Waals surface area contributed by atoms with Gasteiger partial charge in [0.25, 0.3) is 0 Å². The van der Waals surface area contributed by atoms with Gasteiger partial charge in [-0.3, -0.25) is 0 Å². The van der Waals surface area contributed by atoms with Crippen LogP contribution in [-0.4, -0.2) is 48.7 Å².